The van der Waals surface area contributed by atoms with E-state index in [1.54, 1.807) is 7.11 Å². The molecular weight excluding hydrogens is 274 g/mol. The molecule has 0 amide bonds. The van der Waals surface area contributed by atoms with Gasteiger partial charge in [-0.05, 0) is 13.0 Å². The lowest BCUT2D eigenvalue weighted by molar-refractivity contribution is 0.408. The van der Waals surface area contributed by atoms with Gasteiger partial charge in [-0.15, -0.1) is 0 Å². The van der Waals surface area contributed by atoms with E-state index < -0.39 is 0 Å². The van der Waals surface area contributed by atoms with Crippen molar-refractivity contribution >= 4 is 5.95 Å². The molecule has 0 aliphatic rings. The zero-order chi connectivity index (χ0) is 15.5. The maximum Gasteiger partial charge on any atom is 0.201 e. The Morgan fingerprint density at radius 1 is 1.05 bits per heavy atom. The summed E-state index contributed by atoms with van der Waals surface area (Å²) in [5, 5.41) is 0. The average molecular weight is 293 g/mol. The Balaban J connectivity index is 2.00. The minimum Gasteiger partial charge on any atom is -0.496 e. The standard InChI is InChI=1S/C18H19N3O/c1-13-17(14-8-4-3-5-9-14)20-18(19)21(13)12-15-10-6-7-11-16(15)22-2/h3-11H,12H2,1-2H3,(H2,19,20). The molecule has 1 aromatic heterocycles. The minimum absolute atomic E-state index is 0.516. The summed E-state index contributed by atoms with van der Waals surface area (Å²) in [7, 11) is 1.68. The Morgan fingerprint density at radius 3 is 2.45 bits per heavy atom. The van der Waals surface area contributed by atoms with Gasteiger partial charge in [-0.25, -0.2) is 4.98 Å². The largest absolute Gasteiger partial charge is 0.496 e. The van der Waals surface area contributed by atoms with Gasteiger partial charge in [0.1, 0.15) is 5.75 Å². The first-order valence-corrected chi connectivity index (χ1v) is 7.20. The maximum absolute atomic E-state index is 6.13. The van der Waals surface area contributed by atoms with Gasteiger partial charge in [-0.1, -0.05) is 48.5 Å². The second-order valence-corrected chi connectivity index (χ2v) is 5.17. The summed E-state index contributed by atoms with van der Waals surface area (Å²) < 4.78 is 7.43. The van der Waals surface area contributed by atoms with Crippen molar-refractivity contribution in [2.24, 2.45) is 0 Å². The Hall–Kier alpha value is -2.75. The molecule has 3 rings (SSSR count). The molecular formula is C18H19N3O. The van der Waals surface area contributed by atoms with Crippen LogP contribution in [-0.4, -0.2) is 16.7 Å². The summed E-state index contributed by atoms with van der Waals surface area (Å²) in [4.78, 5) is 4.53. The van der Waals surface area contributed by atoms with Crippen molar-refractivity contribution < 1.29 is 4.74 Å². The van der Waals surface area contributed by atoms with Crippen molar-refractivity contribution in [2.75, 3.05) is 12.8 Å². The number of para-hydroxylation sites is 1. The van der Waals surface area contributed by atoms with Crippen LogP contribution in [0.2, 0.25) is 0 Å². The van der Waals surface area contributed by atoms with Gasteiger partial charge >= 0.3 is 0 Å². The average Bonchev–Trinajstić information content (AvgIpc) is 2.84. The number of methoxy groups -OCH3 is 1. The van der Waals surface area contributed by atoms with Crippen molar-refractivity contribution in [2.45, 2.75) is 13.5 Å². The molecule has 4 nitrogen and oxygen atoms in total. The third-order valence-corrected chi connectivity index (χ3v) is 3.82. The van der Waals surface area contributed by atoms with E-state index in [1.807, 2.05) is 66.1 Å². The fourth-order valence-electron chi connectivity index (χ4n) is 2.63. The highest BCUT2D eigenvalue weighted by Gasteiger charge is 2.14. The van der Waals surface area contributed by atoms with Crippen molar-refractivity contribution in [3.63, 3.8) is 0 Å². The van der Waals surface area contributed by atoms with Gasteiger partial charge in [0, 0.05) is 16.8 Å². The smallest absolute Gasteiger partial charge is 0.201 e. The van der Waals surface area contributed by atoms with Gasteiger partial charge in [-0.2, -0.15) is 0 Å². The zero-order valence-corrected chi connectivity index (χ0v) is 12.8. The van der Waals surface area contributed by atoms with Crippen LogP contribution in [0, 0.1) is 6.92 Å². The van der Waals surface area contributed by atoms with Crippen LogP contribution >= 0.6 is 0 Å². The third kappa shape index (κ3) is 2.55. The molecule has 0 fully saturated rings. The number of ether oxygens (including phenoxy) is 1. The van der Waals surface area contributed by atoms with Gasteiger partial charge in [0.05, 0.1) is 19.3 Å². The molecule has 0 spiro atoms. The first-order chi connectivity index (χ1) is 10.7. The van der Waals surface area contributed by atoms with Crippen LogP contribution in [0.3, 0.4) is 0 Å². The van der Waals surface area contributed by atoms with Crippen LogP contribution in [0.1, 0.15) is 11.3 Å². The fraction of sp³-hybridized carbons (Fsp3) is 0.167. The predicted octanol–water partition coefficient (Wildman–Crippen LogP) is 3.50. The molecule has 0 saturated carbocycles. The van der Waals surface area contributed by atoms with E-state index in [2.05, 4.69) is 4.98 Å². The Labute approximate surface area is 130 Å². The summed E-state index contributed by atoms with van der Waals surface area (Å²) in [6, 6.07) is 18.0. The molecule has 0 aliphatic heterocycles. The number of anilines is 1. The van der Waals surface area contributed by atoms with Crippen LogP contribution in [-0.2, 0) is 6.54 Å². The number of nitrogens with zero attached hydrogens (tertiary/aromatic N) is 2. The molecule has 22 heavy (non-hydrogen) atoms. The van der Waals surface area contributed by atoms with Crippen LogP contribution in [0.25, 0.3) is 11.3 Å². The van der Waals surface area contributed by atoms with E-state index in [1.165, 1.54) is 0 Å². The molecule has 2 aromatic carbocycles. The summed E-state index contributed by atoms with van der Waals surface area (Å²) >= 11 is 0. The number of benzene rings is 2. The van der Waals surface area contributed by atoms with Crippen LogP contribution in [0.4, 0.5) is 5.95 Å². The lowest BCUT2D eigenvalue weighted by Gasteiger charge is -2.11. The molecule has 0 saturated heterocycles. The lowest BCUT2D eigenvalue weighted by atomic mass is 10.1. The van der Waals surface area contributed by atoms with Crippen LogP contribution in [0.15, 0.2) is 54.6 Å². The van der Waals surface area contributed by atoms with Gasteiger partial charge < -0.3 is 15.0 Å². The third-order valence-electron chi connectivity index (χ3n) is 3.82. The molecule has 0 atom stereocenters. The Morgan fingerprint density at radius 2 is 1.73 bits per heavy atom. The van der Waals surface area contributed by atoms with E-state index in [0.29, 0.717) is 12.5 Å². The highest BCUT2D eigenvalue weighted by Crippen LogP contribution is 2.27. The number of nitrogen functional groups attached to an aromatic ring is 1. The van der Waals surface area contributed by atoms with E-state index in [-0.39, 0.29) is 0 Å². The number of aromatic nitrogens is 2. The number of hydrogen-bond acceptors (Lipinski definition) is 3. The van der Waals surface area contributed by atoms with Crippen molar-refractivity contribution in [1.82, 2.24) is 9.55 Å². The first kappa shape index (κ1) is 14.2. The molecule has 112 valence electrons. The van der Waals surface area contributed by atoms with Gasteiger partial charge in [0.15, 0.2) is 0 Å². The summed E-state index contributed by atoms with van der Waals surface area (Å²) in [5.74, 6) is 1.37. The normalized spacial score (nSPS) is 10.6. The highest BCUT2D eigenvalue weighted by atomic mass is 16.5. The molecule has 0 bridgehead atoms. The van der Waals surface area contributed by atoms with Gasteiger partial charge in [0.2, 0.25) is 5.95 Å². The van der Waals surface area contributed by atoms with Crippen LogP contribution < -0.4 is 10.5 Å². The van der Waals surface area contributed by atoms with E-state index in [0.717, 1.165) is 28.3 Å². The summed E-state index contributed by atoms with van der Waals surface area (Å²) in [6.07, 6.45) is 0. The highest BCUT2D eigenvalue weighted by molar-refractivity contribution is 5.64. The van der Waals surface area contributed by atoms with Crippen molar-refractivity contribution in [3.8, 4) is 17.0 Å². The van der Waals surface area contributed by atoms with Gasteiger partial charge in [-0.3, -0.25) is 0 Å². The molecule has 0 aliphatic carbocycles. The second kappa shape index (κ2) is 5.93. The number of nitrogens with two attached hydrogens (primary N) is 1. The topological polar surface area (TPSA) is 53.1 Å². The molecule has 4 heteroatoms. The van der Waals surface area contributed by atoms with E-state index >= 15 is 0 Å². The summed E-state index contributed by atoms with van der Waals surface area (Å²) in [6.45, 7) is 2.68. The summed E-state index contributed by atoms with van der Waals surface area (Å²) in [5.41, 5.74) is 10.3. The zero-order valence-electron chi connectivity index (χ0n) is 12.8. The monoisotopic (exact) mass is 293 g/mol. The van der Waals surface area contributed by atoms with E-state index in [9.17, 15) is 0 Å². The van der Waals surface area contributed by atoms with E-state index in [4.69, 9.17) is 10.5 Å². The first-order valence-electron chi connectivity index (χ1n) is 7.20. The SMILES string of the molecule is COc1ccccc1Cn1c(N)nc(-c2ccccc2)c1C. The Kier molecular flexibility index (Phi) is 3.83. The molecule has 2 N–H and O–H groups in total. The fourth-order valence-corrected chi connectivity index (χ4v) is 2.63. The molecule has 0 unspecified atom stereocenters. The minimum atomic E-state index is 0.516. The lowest BCUT2D eigenvalue weighted by Crippen LogP contribution is -2.07. The molecule has 1 heterocycles. The predicted molar refractivity (Wildman–Crippen MR) is 88.9 cm³/mol. The quantitative estimate of drug-likeness (QED) is 0.801. The van der Waals surface area contributed by atoms with Crippen LogP contribution in [0.5, 0.6) is 5.75 Å². The number of imidazole rings is 1. The van der Waals surface area contributed by atoms with Crippen molar-refractivity contribution in [3.05, 3.63) is 65.9 Å². The molecule has 3 aromatic rings. The Bertz CT molecular complexity index is 778. The maximum atomic E-state index is 6.13. The number of hydrogen-bond donors (Lipinski definition) is 1. The molecule has 0 radical (unpaired) electrons. The van der Waals surface area contributed by atoms with Crippen molar-refractivity contribution in [1.29, 1.82) is 0 Å². The van der Waals surface area contributed by atoms with Gasteiger partial charge in [0.25, 0.3) is 0 Å². The number of rotatable bonds is 4. The second-order valence-electron chi connectivity index (χ2n) is 5.17.